The highest BCUT2D eigenvalue weighted by Gasteiger charge is 2.10. The van der Waals surface area contributed by atoms with E-state index in [9.17, 15) is 4.79 Å². The molecule has 0 bridgehead atoms. The summed E-state index contributed by atoms with van der Waals surface area (Å²) >= 11 is 1.76. The molecule has 0 aromatic heterocycles. The number of hydrogen-bond acceptors (Lipinski definition) is 3. The van der Waals surface area contributed by atoms with E-state index < -0.39 is 12.0 Å². The zero-order valence-corrected chi connectivity index (χ0v) is 12.1. The second-order valence-corrected chi connectivity index (χ2v) is 5.96. The number of carboxylic acids is 1. The first-order valence-corrected chi connectivity index (χ1v) is 7.86. The molecule has 0 saturated carbocycles. The minimum Gasteiger partial charge on any atom is -0.480 e. The molecule has 3 nitrogen and oxygen atoms in total. The molecule has 0 fully saturated rings. The number of rotatable bonds is 7. The molecule has 2 rings (SSSR count). The lowest BCUT2D eigenvalue weighted by molar-refractivity contribution is -0.138. The van der Waals surface area contributed by atoms with E-state index in [0.29, 0.717) is 6.42 Å². The van der Waals surface area contributed by atoms with Crippen LogP contribution in [-0.2, 0) is 11.2 Å². The zero-order valence-electron chi connectivity index (χ0n) is 11.3. The molecule has 0 radical (unpaired) electrons. The van der Waals surface area contributed by atoms with Crippen molar-refractivity contribution in [1.29, 1.82) is 0 Å². The summed E-state index contributed by atoms with van der Waals surface area (Å²) in [5.41, 5.74) is 6.82. The fourth-order valence-electron chi connectivity index (χ4n) is 2.13. The second-order valence-electron chi connectivity index (χ2n) is 4.73. The number of thioether (sulfide) groups is 1. The second kappa shape index (κ2) is 7.31. The molecule has 0 saturated heterocycles. The van der Waals surface area contributed by atoms with Crippen molar-refractivity contribution in [2.45, 2.75) is 18.9 Å². The van der Waals surface area contributed by atoms with Crippen LogP contribution in [0.2, 0.25) is 0 Å². The minimum atomic E-state index is -0.917. The average Bonchev–Trinajstić information content (AvgIpc) is 2.46. The summed E-state index contributed by atoms with van der Waals surface area (Å²) in [6, 6.07) is 14.0. The van der Waals surface area contributed by atoms with Gasteiger partial charge in [0.1, 0.15) is 6.04 Å². The smallest absolute Gasteiger partial charge is 0.320 e. The van der Waals surface area contributed by atoms with E-state index in [1.54, 1.807) is 11.8 Å². The summed E-state index contributed by atoms with van der Waals surface area (Å²) < 4.78 is 0. The number of benzene rings is 2. The molecule has 20 heavy (non-hydrogen) atoms. The van der Waals surface area contributed by atoms with Gasteiger partial charge in [0.2, 0.25) is 0 Å². The van der Waals surface area contributed by atoms with E-state index >= 15 is 0 Å². The van der Waals surface area contributed by atoms with Crippen LogP contribution < -0.4 is 5.73 Å². The Morgan fingerprint density at radius 3 is 2.70 bits per heavy atom. The van der Waals surface area contributed by atoms with Crippen molar-refractivity contribution < 1.29 is 9.90 Å². The van der Waals surface area contributed by atoms with Crippen molar-refractivity contribution in [2.24, 2.45) is 5.73 Å². The molecule has 4 heteroatoms. The number of aliphatic carboxylic acids is 1. The molecule has 1 atom stereocenters. The highest BCUT2D eigenvalue weighted by Crippen LogP contribution is 2.20. The Bertz CT molecular complexity index is 580. The van der Waals surface area contributed by atoms with Crippen LogP contribution in [0.1, 0.15) is 12.0 Å². The lowest BCUT2D eigenvalue weighted by atomic mass is 10.0. The third-order valence-electron chi connectivity index (χ3n) is 3.29. The van der Waals surface area contributed by atoms with Crippen LogP contribution >= 0.6 is 11.8 Å². The van der Waals surface area contributed by atoms with Gasteiger partial charge in [0.15, 0.2) is 0 Å². The normalized spacial score (nSPS) is 12.4. The van der Waals surface area contributed by atoms with Gasteiger partial charge in [0.05, 0.1) is 0 Å². The number of hydrogen-bond donors (Lipinski definition) is 2. The highest BCUT2D eigenvalue weighted by molar-refractivity contribution is 7.99. The number of carbonyl (C=O) groups is 1. The van der Waals surface area contributed by atoms with Gasteiger partial charge in [0, 0.05) is 0 Å². The molecule has 1 unspecified atom stereocenters. The molecular formula is C16H19NO2S. The van der Waals surface area contributed by atoms with Crippen LogP contribution in [0.25, 0.3) is 10.8 Å². The Hall–Kier alpha value is -1.52. The van der Waals surface area contributed by atoms with Gasteiger partial charge >= 0.3 is 5.97 Å². The molecule has 2 aromatic carbocycles. The Labute approximate surface area is 123 Å². The van der Waals surface area contributed by atoms with Crippen LogP contribution in [0, 0.1) is 0 Å². The monoisotopic (exact) mass is 289 g/mol. The summed E-state index contributed by atoms with van der Waals surface area (Å²) in [4.78, 5) is 10.6. The van der Waals surface area contributed by atoms with Gasteiger partial charge in [-0.15, -0.1) is 0 Å². The van der Waals surface area contributed by atoms with E-state index in [1.165, 1.54) is 16.3 Å². The van der Waals surface area contributed by atoms with Crippen molar-refractivity contribution in [1.82, 2.24) is 0 Å². The zero-order chi connectivity index (χ0) is 14.4. The predicted octanol–water partition coefficient (Wildman–Crippen LogP) is 2.92. The lowest BCUT2D eigenvalue weighted by Crippen LogP contribution is -2.30. The molecule has 0 aliphatic rings. The number of carboxylic acid groups (broad SMARTS) is 1. The Morgan fingerprint density at radius 2 is 1.90 bits per heavy atom. The van der Waals surface area contributed by atoms with Crippen LogP contribution in [0.4, 0.5) is 0 Å². The van der Waals surface area contributed by atoms with Gasteiger partial charge in [-0.3, -0.25) is 4.79 Å². The summed E-state index contributed by atoms with van der Waals surface area (Å²) in [6.07, 6.45) is 1.52. The summed E-state index contributed by atoms with van der Waals surface area (Å²) in [6.45, 7) is 0. The quantitative estimate of drug-likeness (QED) is 0.769. The molecular weight excluding hydrogens is 270 g/mol. The van der Waals surface area contributed by atoms with E-state index in [-0.39, 0.29) is 0 Å². The van der Waals surface area contributed by atoms with Crippen molar-refractivity contribution in [3.63, 3.8) is 0 Å². The molecule has 0 spiro atoms. The highest BCUT2D eigenvalue weighted by atomic mass is 32.2. The van der Waals surface area contributed by atoms with E-state index in [1.807, 2.05) is 6.07 Å². The largest absolute Gasteiger partial charge is 0.480 e. The Morgan fingerprint density at radius 1 is 1.15 bits per heavy atom. The van der Waals surface area contributed by atoms with Gasteiger partial charge in [-0.05, 0) is 40.7 Å². The maximum absolute atomic E-state index is 10.6. The first-order chi connectivity index (χ1) is 9.68. The van der Waals surface area contributed by atoms with Crippen LogP contribution in [0.3, 0.4) is 0 Å². The van der Waals surface area contributed by atoms with Crippen LogP contribution in [0.5, 0.6) is 0 Å². The fourth-order valence-corrected chi connectivity index (χ4v) is 3.12. The minimum absolute atomic E-state index is 0.523. The van der Waals surface area contributed by atoms with Crippen molar-refractivity contribution >= 4 is 28.5 Å². The number of fused-ring (bicyclic) bond motifs is 1. The van der Waals surface area contributed by atoms with Gasteiger partial charge < -0.3 is 10.8 Å². The van der Waals surface area contributed by atoms with Crippen LogP contribution in [0.15, 0.2) is 42.5 Å². The van der Waals surface area contributed by atoms with E-state index in [4.69, 9.17) is 10.8 Å². The number of nitrogens with two attached hydrogens (primary N) is 1. The van der Waals surface area contributed by atoms with Gasteiger partial charge in [-0.25, -0.2) is 0 Å². The summed E-state index contributed by atoms with van der Waals surface area (Å²) in [5, 5.41) is 11.3. The Balaban J connectivity index is 1.83. The van der Waals surface area contributed by atoms with Crippen LogP contribution in [-0.4, -0.2) is 28.6 Å². The first-order valence-electron chi connectivity index (χ1n) is 6.71. The Kier molecular flexibility index (Phi) is 5.44. The summed E-state index contributed by atoms with van der Waals surface area (Å²) in [5.74, 6) is 0.859. The van der Waals surface area contributed by atoms with Gasteiger partial charge in [0.25, 0.3) is 0 Å². The third kappa shape index (κ3) is 3.99. The lowest BCUT2D eigenvalue weighted by Gasteiger charge is -2.08. The van der Waals surface area contributed by atoms with E-state index in [0.717, 1.165) is 17.9 Å². The van der Waals surface area contributed by atoms with E-state index in [2.05, 4.69) is 36.4 Å². The topological polar surface area (TPSA) is 63.3 Å². The number of aryl methyl sites for hydroxylation is 1. The summed E-state index contributed by atoms with van der Waals surface area (Å²) in [7, 11) is 0. The molecule has 3 N–H and O–H groups in total. The fraction of sp³-hybridized carbons (Fsp3) is 0.312. The molecule has 0 aliphatic heterocycles. The predicted molar refractivity (Wildman–Crippen MR) is 85.2 cm³/mol. The van der Waals surface area contributed by atoms with Gasteiger partial charge in [-0.2, -0.15) is 11.8 Å². The molecule has 2 aromatic rings. The molecule has 0 amide bonds. The maximum atomic E-state index is 10.6. The van der Waals surface area contributed by atoms with Crippen molar-refractivity contribution in [3.05, 3.63) is 48.0 Å². The SMILES string of the molecule is NC(CCSCCc1cccc2ccccc12)C(=O)O. The van der Waals surface area contributed by atoms with Gasteiger partial charge in [-0.1, -0.05) is 42.5 Å². The molecule has 0 aliphatic carbocycles. The molecule has 106 valence electrons. The third-order valence-corrected chi connectivity index (χ3v) is 4.30. The average molecular weight is 289 g/mol. The maximum Gasteiger partial charge on any atom is 0.320 e. The first kappa shape index (κ1) is 14.9. The standard InChI is InChI=1S/C16H19NO2S/c17-15(16(18)19)9-11-20-10-8-13-6-3-5-12-4-1-2-7-14(12)13/h1-7,15H,8-11,17H2,(H,18,19). The van der Waals surface area contributed by atoms with Crippen molar-refractivity contribution in [2.75, 3.05) is 11.5 Å². The molecule has 0 heterocycles. The van der Waals surface area contributed by atoms with Crippen molar-refractivity contribution in [3.8, 4) is 0 Å².